The summed E-state index contributed by atoms with van der Waals surface area (Å²) in [7, 11) is 1.98. The minimum atomic E-state index is -0.948. The largest absolute Gasteiger partial charge is 0.488 e. The zero-order valence-electron chi connectivity index (χ0n) is 15.2. The fourth-order valence-corrected chi connectivity index (χ4v) is 3.38. The fourth-order valence-electron chi connectivity index (χ4n) is 3.38. The first-order valence-electron chi connectivity index (χ1n) is 8.85. The topological polar surface area (TPSA) is 38.5 Å². The SMILES string of the molecule is Cc1oc(-c2cccc(F)c2F)nc1CN(C)C[C@@H]1Cc2ccccc2O1. The van der Waals surface area contributed by atoms with Crippen molar-refractivity contribution in [2.24, 2.45) is 0 Å². The number of rotatable bonds is 5. The van der Waals surface area contributed by atoms with E-state index in [1.165, 1.54) is 17.7 Å². The minimum absolute atomic E-state index is 0.0292. The number of nitrogens with zero attached hydrogens (tertiary/aromatic N) is 2. The number of oxazole rings is 1. The maximum atomic E-state index is 14.0. The third kappa shape index (κ3) is 3.57. The molecule has 3 aromatic rings. The Hall–Kier alpha value is -2.73. The van der Waals surface area contributed by atoms with Crippen LogP contribution in [0.3, 0.4) is 0 Å². The maximum Gasteiger partial charge on any atom is 0.229 e. The van der Waals surface area contributed by atoms with Gasteiger partial charge >= 0.3 is 0 Å². The number of para-hydroxylation sites is 1. The van der Waals surface area contributed by atoms with Gasteiger partial charge in [0.05, 0.1) is 11.3 Å². The summed E-state index contributed by atoms with van der Waals surface area (Å²) in [6.45, 7) is 3.03. The number of hydrogen-bond acceptors (Lipinski definition) is 4. The molecule has 1 aliphatic rings. The van der Waals surface area contributed by atoms with E-state index in [0.717, 1.165) is 24.8 Å². The highest BCUT2D eigenvalue weighted by Crippen LogP contribution is 2.29. The molecule has 0 amide bonds. The van der Waals surface area contributed by atoms with Crippen LogP contribution in [-0.2, 0) is 13.0 Å². The fraction of sp³-hybridized carbons (Fsp3) is 0.286. The normalized spacial score (nSPS) is 15.8. The molecule has 1 aromatic heterocycles. The number of hydrogen-bond donors (Lipinski definition) is 0. The van der Waals surface area contributed by atoms with Crippen LogP contribution in [0.25, 0.3) is 11.5 Å². The summed E-state index contributed by atoms with van der Waals surface area (Å²) < 4.78 is 39.0. The average molecular weight is 370 g/mol. The Morgan fingerprint density at radius 2 is 1.96 bits per heavy atom. The zero-order valence-corrected chi connectivity index (χ0v) is 15.2. The van der Waals surface area contributed by atoms with Crippen LogP contribution in [0.5, 0.6) is 5.75 Å². The summed E-state index contributed by atoms with van der Waals surface area (Å²) in [5.74, 6) is -0.235. The monoisotopic (exact) mass is 370 g/mol. The summed E-state index contributed by atoms with van der Waals surface area (Å²) >= 11 is 0. The van der Waals surface area contributed by atoms with Crippen LogP contribution in [0, 0.1) is 18.6 Å². The van der Waals surface area contributed by atoms with Crippen LogP contribution < -0.4 is 4.74 Å². The molecule has 0 N–H and O–H groups in total. The van der Waals surface area contributed by atoms with Gasteiger partial charge in [-0.05, 0) is 37.7 Å². The van der Waals surface area contributed by atoms with E-state index in [4.69, 9.17) is 9.15 Å². The van der Waals surface area contributed by atoms with Gasteiger partial charge in [-0.25, -0.2) is 13.8 Å². The molecule has 0 unspecified atom stereocenters. The van der Waals surface area contributed by atoms with Gasteiger partial charge in [0, 0.05) is 19.5 Å². The predicted octanol–water partition coefficient (Wildman–Crippen LogP) is 4.36. The van der Waals surface area contributed by atoms with Crippen molar-refractivity contribution in [3.05, 3.63) is 71.1 Å². The van der Waals surface area contributed by atoms with Crippen molar-refractivity contribution in [1.82, 2.24) is 9.88 Å². The number of fused-ring (bicyclic) bond motifs is 1. The number of benzene rings is 2. The first-order valence-corrected chi connectivity index (χ1v) is 8.85. The second kappa shape index (κ2) is 7.12. The Morgan fingerprint density at radius 3 is 2.78 bits per heavy atom. The van der Waals surface area contributed by atoms with Crippen LogP contribution in [0.4, 0.5) is 8.78 Å². The lowest BCUT2D eigenvalue weighted by molar-refractivity contribution is 0.164. The van der Waals surface area contributed by atoms with Gasteiger partial charge in [-0.1, -0.05) is 24.3 Å². The minimum Gasteiger partial charge on any atom is -0.488 e. The lowest BCUT2D eigenvalue weighted by atomic mass is 10.1. The molecule has 0 spiro atoms. The molecule has 140 valence electrons. The molecule has 0 aliphatic carbocycles. The van der Waals surface area contributed by atoms with Crippen molar-refractivity contribution in [3.8, 4) is 17.2 Å². The second-order valence-electron chi connectivity index (χ2n) is 6.87. The van der Waals surface area contributed by atoms with E-state index in [1.54, 1.807) is 6.92 Å². The lowest BCUT2D eigenvalue weighted by Gasteiger charge is -2.19. The first-order chi connectivity index (χ1) is 13.0. The highest BCUT2D eigenvalue weighted by atomic mass is 19.2. The van der Waals surface area contributed by atoms with Crippen LogP contribution in [0.1, 0.15) is 17.0 Å². The van der Waals surface area contributed by atoms with E-state index in [2.05, 4.69) is 16.0 Å². The second-order valence-corrected chi connectivity index (χ2v) is 6.87. The van der Waals surface area contributed by atoms with E-state index in [0.29, 0.717) is 18.0 Å². The summed E-state index contributed by atoms with van der Waals surface area (Å²) in [5, 5.41) is 0. The Kier molecular flexibility index (Phi) is 4.66. The van der Waals surface area contributed by atoms with Crippen LogP contribution in [-0.4, -0.2) is 29.6 Å². The standard InChI is InChI=1S/C21H20F2N2O2/c1-13-18(24-21(26-13)16-7-5-8-17(22)20(16)23)12-25(2)11-15-10-14-6-3-4-9-19(14)27-15/h3-9,15H,10-12H2,1-2H3/t15-/m0/s1. The molecule has 1 aliphatic heterocycles. The summed E-state index contributed by atoms with van der Waals surface area (Å²) in [5.41, 5.74) is 1.95. The summed E-state index contributed by atoms with van der Waals surface area (Å²) in [4.78, 5) is 6.47. The lowest BCUT2D eigenvalue weighted by Crippen LogP contribution is -2.31. The van der Waals surface area contributed by atoms with E-state index in [-0.39, 0.29) is 17.6 Å². The van der Waals surface area contributed by atoms with Crippen molar-refractivity contribution >= 4 is 0 Å². The third-order valence-electron chi connectivity index (χ3n) is 4.72. The van der Waals surface area contributed by atoms with Crippen molar-refractivity contribution in [3.63, 3.8) is 0 Å². The van der Waals surface area contributed by atoms with E-state index in [1.807, 2.05) is 25.2 Å². The van der Waals surface area contributed by atoms with Gasteiger partial charge in [-0.3, -0.25) is 4.90 Å². The van der Waals surface area contributed by atoms with Gasteiger partial charge in [0.2, 0.25) is 5.89 Å². The zero-order chi connectivity index (χ0) is 19.0. The third-order valence-corrected chi connectivity index (χ3v) is 4.72. The molecule has 0 bridgehead atoms. The van der Waals surface area contributed by atoms with Gasteiger partial charge in [0.15, 0.2) is 11.6 Å². The first kappa shape index (κ1) is 17.7. The Morgan fingerprint density at radius 1 is 1.15 bits per heavy atom. The highest BCUT2D eigenvalue weighted by molar-refractivity contribution is 5.54. The van der Waals surface area contributed by atoms with Crippen molar-refractivity contribution < 1.29 is 17.9 Å². The Labute approximate surface area is 156 Å². The summed E-state index contributed by atoms with van der Waals surface area (Å²) in [6, 6.07) is 12.0. The molecule has 4 nitrogen and oxygen atoms in total. The molecular formula is C21H20F2N2O2. The van der Waals surface area contributed by atoms with Gasteiger partial charge < -0.3 is 9.15 Å². The summed E-state index contributed by atoms with van der Waals surface area (Å²) in [6.07, 6.45) is 0.956. The number of ether oxygens (including phenoxy) is 1. The number of halogens is 2. The molecule has 0 saturated heterocycles. The quantitative estimate of drug-likeness (QED) is 0.669. The van der Waals surface area contributed by atoms with Crippen LogP contribution >= 0.6 is 0 Å². The van der Waals surface area contributed by atoms with Crippen molar-refractivity contribution in [1.29, 1.82) is 0 Å². The highest BCUT2D eigenvalue weighted by Gasteiger charge is 2.24. The predicted molar refractivity (Wildman–Crippen MR) is 97.5 cm³/mol. The molecule has 0 radical (unpaired) electrons. The van der Waals surface area contributed by atoms with E-state index < -0.39 is 11.6 Å². The van der Waals surface area contributed by atoms with Crippen molar-refractivity contribution in [2.75, 3.05) is 13.6 Å². The van der Waals surface area contributed by atoms with Gasteiger partial charge in [-0.2, -0.15) is 0 Å². The molecule has 0 saturated carbocycles. The van der Waals surface area contributed by atoms with Crippen LogP contribution in [0.15, 0.2) is 46.9 Å². The number of aromatic nitrogens is 1. The van der Waals surface area contributed by atoms with Gasteiger partial charge in [0.1, 0.15) is 17.6 Å². The van der Waals surface area contributed by atoms with Crippen LogP contribution in [0.2, 0.25) is 0 Å². The Balaban J connectivity index is 1.44. The molecule has 27 heavy (non-hydrogen) atoms. The average Bonchev–Trinajstić information content (AvgIpc) is 3.20. The molecule has 2 aromatic carbocycles. The van der Waals surface area contributed by atoms with Crippen molar-refractivity contribution in [2.45, 2.75) is 26.0 Å². The number of likely N-dealkylation sites (N-methyl/N-ethyl adjacent to an activating group) is 1. The smallest absolute Gasteiger partial charge is 0.229 e. The van der Waals surface area contributed by atoms with Gasteiger partial charge in [0.25, 0.3) is 0 Å². The number of aryl methyl sites for hydroxylation is 1. The van der Waals surface area contributed by atoms with E-state index >= 15 is 0 Å². The molecule has 2 heterocycles. The maximum absolute atomic E-state index is 14.0. The molecule has 6 heteroatoms. The molecule has 0 fully saturated rings. The molecular weight excluding hydrogens is 350 g/mol. The molecule has 1 atom stereocenters. The van der Waals surface area contributed by atoms with E-state index in [9.17, 15) is 8.78 Å². The van der Waals surface area contributed by atoms with Gasteiger partial charge in [-0.15, -0.1) is 0 Å². The Bertz CT molecular complexity index is 946. The molecule has 4 rings (SSSR count).